The van der Waals surface area contributed by atoms with Gasteiger partial charge in [-0.25, -0.2) is 9.78 Å². The van der Waals surface area contributed by atoms with Crippen LogP contribution in [0.4, 0.5) is 0 Å². The summed E-state index contributed by atoms with van der Waals surface area (Å²) < 4.78 is 0. The topological polar surface area (TPSA) is 70.4 Å². The van der Waals surface area contributed by atoms with Crippen LogP contribution < -0.4 is 0 Å². The van der Waals surface area contributed by atoms with Crippen LogP contribution in [0.2, 0.25) is 5.02 Å². The molecule has 0 fully saturated rings. The third-order valence-corrected chi connectivity index (χ3v) is 3.36. The molecule has 6 heteroatoms. The standard InChI is InChI=1S/C11H8ClNO3S/c12-7-3-1-2-6(4-7)5-8-13-10(14)9(17-8)11(15)16/h1-4,14H,5H2,(H,15,16). The quantitative estimate of drug-likeness (QED) is 0.899. The Morgan fingerprint density at radius 1 is 1.47 bits per heavy atom. The van der Waals surface area contributed by atoms with Crippen LogP contribution >= 0.6 is 22.9 Å². The van der Waals surface area contributed by atoms with Gasteiger partial charge in [-0.05, 0) is 17.7 Å². The number of carboxylic acid groups (broad SMARTS) is 1. The summed E-state index contributed by atoms with van der Waals surface area (Å²) in [4.78, 5) is 14.4. The maximum Gasteiger partial charge on any atom is 0.351 e. The van der Waals surface area contributed by atoms with E-state index in [1.54, 1.807) is 12.1 Å². The molecule has 0 aliphatic heterocycles. The molecule has 0 spiro atoms. The molecule has 0 atom stereocenters. The summed E-state index contributed by atoms with van der Waals surface area (Å²) >= 11 is 6.80. The number of halogens is 1. The first kappa shape index (κ1) is 11.9. The zero-order chi connectivity index (χ0) is 12.4. The molecule has 0 saturated heterocycles. The number of rotatable bonds is 3. The summed E-state index contributed by atoms with van der Waals surface area (Å²) in [7, 11) is 0. The van der Waals surface area contributed by atoms with Crippen molar-refractivity contribution in [1.82, 2.24) is 4.98 Å². The van der Waals surface area contributed by atoms with Gasteiger partial charge in [-0.3, -0.25) is 0 Å². The van der Waals surface area contributed by atoms with E-state index in [9.17, 15) is 9.90 Å². The highest BCUT2D eigenvalue weighted by Gasteiger charge is 2.16. The maximum absolute atomic E-state index is 10.7. The van der Waals surface area contributed by atoms with E-state index in [2.05, 4.69) is 4.98 Å². The van der Waals surface area contributed by atoms with E-state index in [4.69, 9.17) is 16.7 Å². The predicted octanol–water partition coefficient (Wildman–Crippen LogP) is 2.79. The highest BCUT2D eigenvalue weighted by atomic mass is 35.5. The van der Waals surface area contributed by atoms with Gasteiger partial charge in [0.2, 0.25) is 5.88 Å². The molecule has 1 heterocycles. The summed E-state index contributed by atoms with van der Waals surface area (Å²) in [6.07, 6.45) is 0.450. The van der Waals surface area contributed by atoms with Crippen LogP contribution in [0.3, 0.4) is 0 Å². The molecule has 0 amide bonds. The summed E-state index contributed by atoms with van der Waals surface area (Å²) in [6.45, 7) is 0. The fourth-order valence-electron chi connectivity index (χ4n) is 1.39. The number of aromatic hydroxyl groups is 1. The Hall–Kier alpha value is -1.59. The molecule has 1 aromatic heterocycles. The number of carbonyl (C=O) groups is 1. The second-order valence-corrected chi connectivity index (χ2v) is 4.89. The first-order valence-electron chi connectivity index (χ1n) is 4.72. The van der Waals surface area contributed by atoms with Crippen LogP contribution in [0.5, 0.6) is 5.88 Å². The largest absolute Gasteiger partial charge is 0.492 e. The smallest absolute Gasteiger partial charge is 0.351 e. The molecular formula is C11H8ClNO3S. The van der Waals surface area contributed by atoms with Gasteiger partial charge in [0.25, 0.3) is 0 Å². The van der Waals surface area contributed by atoms with Crippen molar-refractivity contribution in [3.8, 4) is 5.88 Å². The summed E-state index contributed by atoms with van der Waals surface area (Å²) in [5.41, 5.74) is 0.920. The van der Waals surface area contributed by atoms with Crippen molar-refractivity contribution in [1.29, 1.82) is 0 Å². The van der Waals surface area contributed by atoms with Gasteiger partial charge in [-0.15, -0.1) is 11.3 Å². The van der Waals surface area contributed by atoms with Gasteiger partial charge in [0.05, 0.1) is 0 Å². The van der Waals surface area contributed by atoms with Crippen molar-refractivity contribution in [3.63, 3.8) is 0 Å². The summed E-state index contributed by atoms with van der Waals surface area (Å²) in [5.74, 6) is -1.60. The second-order valence-electron chi connectivity index (χ2n) is 3.37. The molecule has 2 rings (SSSR count). The molecule has 0 radical (unpaired) electrons. The lowest BCUT2D eigenvalue weighted by Gasteiger charge is -1.97. The Kier molecular flexibility index (Phi) is 3.31. The molecule has 0 aliphatic rings. The highest BCUT2D eigenvalue weighted by Crippen LogP contribution is 2.26. The number of aromatic nitrogens is 1. The van der Waals surface area contributed by atoms with E-state index in [-0.39, 0.29) is 4.88 Å². The lowest BCUT2D eigenvalue weighted by atomic mass is 10.2. The van der Waals surface area contributed by atoms with Gasteiger partial charge in [0, 0.05) is 11.4 Å². The zero-order valence-corrected chi connectivity index (χ0v) is 10.1. The average Bonchev–Trinajstić information content (AvgIpc) is 2.59. The third kappa shape index (κ3) is 2.75. The Bertz CT molecular complexity index is 568. The van der Waals surface area contributed by atoms with Crippen molar-refractivity contribution in [2.45, 2.75) is 6.42 Å². The minimum absolute atomic E-state index is 0.137. The fourth-order valence-corrected chi connectivity index (χ4v) is 2.44. The van der Waals surface area contributed by atoms with Gasteiger partial charge in [-0.2, -0.15) is 0 Å². The monoisotopic (exact) mass is 269 g/mol. The number of benzene rings is 1. The Labute approximate surface area is 106 Å². The lowest BCUT2D eigenvalue weighted by Crippen LogP contribution is -1.91. The number of thiazole rings is 1. The average molecular weight is 270 g/mol. The molecule has 0 saturated carbocycles. The summed E-state index contributed by atoms with van der Waals surface area (Å²) in [5, 5.41) is 19.3. The Morgan fingerprint density at radius 3 is 2.82 bits per heavy atom. The van der Waals surface area contributed by atoms with Crippen LogP contribution in [-0.2, 0) is 6.42 Å². The number of hydrogen-bond donors (Lipinski definition) is 2. The van der Waals surface area contributed by atoms with Crippen molar-refractivity contribution < 1.29 is 15.0 Å². The molecule has 1 aromatic carbocycles. The molecule has 2 aromatic rings. The van der Waals surface area contributed by atoms with Crippen LogP contribution in [0.15, 0.2) is 24.3 Å². The maximum atomic E-state index is 10.7. The van der Waals surface area contributed by atoms with Crippen molar-refractivity contribution in [3.05, 3.63) is 44.7 Å². The first-order chi connectivity index (χ1) is 8.06. The summed E-state index contributed by atoms with van der Waals surface area (Å²) in [6, 6.07) is 7.21. The molecular weight excluding hydrogens is 262 g/mol. The second kappa shape index (κ2) is 4.73. The number of carboxylic acids is 1. The normalized spacial score (nSPS) is 10.4. The predicted molar refractivity (Wildman–Crippen MR) is 65.0 cm³/mol. The van der Waals surface area contributed by atoms with Gasteiger partial charge < -0.3 is 10.2 Å². The van der Waals surface area contributed by atoms with Crippen LogP contribution in [0.1, 0.15) is 20.2 Å². The molecule has 88 valence electrons. The van der Waals surface area contributed by atoms with E-state index in [0.29, 0.717) is 16.5 Å². The van der Waals surface area contributed by atoms with E-state index in [1.165, 1.54) is 0 Å². The van der Waals surface area contributed by atoms with E-state index < -0.39 is 11.8 Å². The number of aromatic carboxylic acids is 1. The van der Waals surface area contributed by atoms with E-state index in [0.717, 1.165) is 16.9 Å². The highest BCUT2D eigenvalue weighted by molar-refractivity contribution is 7.13. The molecule has 0 unspecified atom stereocenters. The number of hydrogen-bond acceptors (Lipinski definition) is 4. The molecule has 0 aliphatic carbocycles. The van der Waals surface area contributed by atoms with Gasteiger partial charge >= 0.3 is 5.97 Å². The Balaban J connectivity index is 2.25. The third-order valence-electron chi connectivity index (χ3n) is 2.09. The van der Waals surface area contributed by atoms with Gasteiger partial charge in [0.1, 0.15) is 5.01 Å². The van der Waals surface area contributed by atoms with Crippen LogP contribution in [0, 0.1) is 0 Å². The van der Waals surface area contributed by atoms with Gasteiger partial charge in [0.15, 0.2) is 4.88 Å². The molecule has 4 nitrogen and oxygen atoms in total. The minimum Gasteiger partial charge on any atom is -0.492 e. The van der Waals surface area contributed by atoms with E-state index in [1.807, 2.05) is 12.1 Å². The SMILES string of the molecule is O=C(O)c1sc(Cc2cccc(Cl)c2)nc1O. The van der Waals surface area contributed by atoms with Crippen LogP contribution in [0.25, 0.3) is 0 Å². The first-order valence-corrected chi connectivity index (χ1v) is 5.92. The lowest BCUT2D eigenvalue weighted by molar-refractivity contribution is 0.0699. The molecule has 0 bridgehead atoms. The van der Waals surface area contributed by atoms with Crippen LogP contribution in [-0.4, -0.2) is 21.2 Å². The van der Waals surface area contributed by atoms with Crippen molar-refractivity contribution in [2.24, 2.45) is 0 Å². The minimum atomic E-state index is -1.17. The molecule has 17 heavy (non-hydrogen) atoms. The molecule has 2 N–H and O–H groups in total. The zero-order valence-electron chi connectivity index (χ0n) is 8.55. The van der Waals surface area contributed by atoms with E-state index >= 15 is 0 Å². The van der Waals surface area contributed by atoms with Gasteiger partial charge in [-0.1, -0.05) is 23.7 Å². The number of nitrogens with zero attached hydrogens (tertiary/aromatic N) is 1. The van der Waals surface area contributed by atoms with Crippen molar-refractivity contribution >= 4 is 28.9 Å². The Morgan fingerprint density at radius 2 is 2.24 bits per heavy atom. The fraction of sp³-hybridized carbons (Fsp3) is 0.0909. The van der Waals surface area contributed by atoms with Crippen molar-refractivity contribution in [2.75, 3.05) is 0 Å².